The first-order valence-electron chi connectivity index (χ1n) is 6.27. The third-order valence-corrected chi connectivity index (χ3v) is 2.96. The van der Waals surface area contributed by atoms with Gasteiger partial charge in [0.15, 0.2) is 0 Å². The number of nitrogens with two attached hydrogens (primary N) is 1. The predicted molar refractivity (Wildman–Crippen MR) is 81.5 cm³/mol. The third kappa shape index (κ3) is 3.13. The minimum atomic E-state index is 0.507. The van der Waals surface area contributed by atoms with Gasteiger partial charge in [0.25, 0.3) is 0 Å². The minimum Gasteiger partial charge on any atom is -0.326 e. The molecule has 0 bridgehead atoms. The molecule has 0 saturated carbocycles. The van der Waals surface area contributed by atoms with Crippen LogP contribution in [0.5, 0.6) is 0 Å². The van der Waals surface area contributed by atoms with Gasteiger partial charge in [-0.15, -0.1) is 0 Å². The van der Waals surface area contributed by atoms with Crippen molar-refractivity contribution in [3.8, 4) is 11.8 Å². The van der Waals surface area contributed by atoms with E-state index in [-0.39, 0.29) is 0 Å². The monoisotopic (exact) mass is 247 g/mol. The molecule has 0 amide bonds. The van der Waals surface area contributed by atoms with Gasteiger partial charge in [-0.1, -0.05) is 54.8 Å². The molecule has 94 valence electrons. The highest BCUT2D eigenvalue weighted by atomic mass is 14.5. The number of hydrogen-bond acceptors (Lipinski definition) is 1. The van der Waals surface area contributed by atoms with Gasteiger partial charge in [-0.3, -0.25) is 0 Å². The van der Waals surface area contributed by atoms with Crippen LogP contribution in [0, 0.1) is 11.8 Å². The maximum Gasteiger partial charge on any atom is 0.0323 e. The molecule has 0 radical (unpaired) electrons. The molecule has 2 rings (SSSR count). The Labute approximate surface area is 114 Å². The van der Waals surface area contributed by atoms with E-state index in [0.717, 1.165) is 27.8 Å². The summed E-state index contributed by atoms with van der Waals surface area (Å²) in [6, 6.07) is 16.0. The van der Waals surface area contributed by atoms with E-state index in [9.17, 15) is 0 Å². The molecular formula is C18H17N. The molecule has 1 nitrogen and oxygen atoms in total. The molecule has 0 spiro atoms. The first kappa shape index (κ1) is 13.1. The second-order valence-electron chi connectivity index (χ2n) is 4.44. The van der Waals surface area contributed by atoms with E-state index >= 15 is 0 Å². The number of benzene rings is 2. The number of allylic oxidation sites excluding steroid dienone is 1. The van der Waals surface area contributed by atoms with Crippen LogP contribution in [0.25, 0.3) is 5.57 Å². The van der Waals surface area contributed by atoms with Crippen LogP contribution >= 0.6 is 0 Å². The lowest BCUT2D eigenvalue weighted by Gasteiger charge is -2.03. The summed E-state index contributed by atoms with van der Waals surface area (Å²) in [6.07, 6.45) is 0. The SMILES string of the molecule is C=C(C)c1ccccc1C#Cc1ccccc1CN. The van der Waals surface area contributed by atoms with Crippen molar-refractivity contribution in [2.45, 2.75) is 13.5 Å². The van der Waals surface area contributed by atoms with E-state index < -0.39 is 0 Å². The van der Waals surface area contributed by atoms with Gasteiger partial charge < -0.3 is 5.73 Å². The van der Waals surface area contributed by atoms with Crippen molar-refractivity contribution in [2.24, 2.45) is 5.73 Å². The molecular weight excluding hydrogens is 230 g/mol. The van der Waals surface area contributed by atoms with Crippen molar-refractivity contribution < 1.29 is 0 Å². The zero-order chi connectivity index (χ0) is 13.7. The lowest BCUT2D eigenvalue weighted by Crippen LogP contribution is -1.98. The Morgan fingerprint density at radius 2 is 1.58 bits per heavy atom. The Hall–Kier alpha value is -2.30. The second kappa shape index (κ2) is 6.04. The molecule has 0 unspecified atom stereocenters. The minimum absolute atomic E-state index is 0.507. The second-order valence-corrected chi connectivity index (χ2v) is 4.44. The highest BCUT2D eigenvalue weighted by molar-refractivity contribution is 5.68. The Balaban J connectivity index is 2.42. The molecule has 19 heavy (non-hydrogen) atoms. The first-order chi connectivity index (χ1) is 9.22. The standard InChI is InChI=1S/C18H17N/c1-14(2)18-10-6-5-8-16(18)12-11-15-7-3-4-9-17(15)13-19/h3-10H,1,13,19H2,2H3. The van der Waals surface area contributed by atoms with Crippen molar-refractivity contribution >= 4 is 5.57 Å². The Morgan fingerprint density at radius 1 is 1.00 bits per heavy atom. The normalized spacial score (nSPS) is 9.58. The van der Waals surface area contributed by atoms with Gasteiger partial charge in [0.05, 0.1) is 0 Å². The summed E-state index contributed by atoms with van der Waals surface area (Å²) in [7, 11) is 0. The molecule has 0 atom stereocenters. The summed E-state index contributed by atoms with van der Waals surface area (Å²) in [5, 5.41) is 0. The molecule has 0 aromatic heterocycles. The molecule has 0 aliphatic rings. The van der Waals surface area contributed by atoms with Gasteiger partial charge in [0.1, 0.15) is 0 Å². The molecule has 2 N–H and O–H groups in total. The number of rotatable bonds is 2. The van der Waals surface area contributed by atoms with Crippen LogP contribution in [-0.2, 0) is 6.54 Å². The van der Waals surface area contributed by atoms with Crippen LogP contribution in [0.1, 0.15) is 29.2 Å². The Bertz CT molecular complexity index is 657. The third-order valence-electron chi connectivity index (χ3n) is 2.96. The zero-order valence-corrected chi connectivity index (χ0v) is 11.1. The van der Waals surface area contributed by atoms with E-state index in [1.165, 1.54) is 0 Å². The van der Waals surface area contributed by atoms with Crippen molar-refractivity contribution in [3.63, 3.8) is 0 Å². The molecule has 2 aromatic carbocycles. The van der Waals surface area contributed by atoms with E-state index in [0.29, 0.717) is 6.54 Å². The van der Waals surface area contributed by atoms with Crippen molar-refractivity contribution in [2.75, 3.05) is 0 Å². The summed E-state index contributed by atoms with van der Waals surface area (Å²) in [6.45, 7) is 6.49. The Kier molecular flexibility index (Phi) is 4.18. The largest absolute Gasteiger partial charge is 0.326 e. The fraction of sp³-hybridized carbons (Fsp3) is 0.111. The van der Waals surface area contributed by atoms with Gasteiger partial charge >= 0.3 is 0 Å². The quantitative estimate of drug-likeness (QED) is 0.806. The Morgan fingerprint density at radius 3 is 2.26 bits per heavy atom. The van der Waals surface area contributed by atoms with Crippen LogP contribution in [0.2, 0.25) is 0 Å². The highest BCUT2D eigenvalue weighted by Crippen LogP contribution is 2.16. The summed E-state index contributed by atoms with van der Waals surface area (Å²) in [5.74, 6) is 6.42. The van der Waals surface area contributed by atoms with Crippen LogP contribution in [0.3, 0.4) is 0 Å². The van der Waals surface area contributed by atoms with Gasteiger partial charge in [-0.05, 0) is 35.8 Å². The molecule has 0 heterocycles. The van der Waals surface area contributed by atoms with Crippen molar-refractivity contribution in [1.29, 1.82) is 0 Å². The lowest BCUT2D eigenvalue weighted by atomic mass is 10.0. The maximum absolute atomic E-state index is 5.72. The predicted octanol–water partition coefficient (Wildman–Crippen LogP) is 3.58. The van der Waals surface area contributed by atoms with Crippen LogP contribution in [0.15, 0.2) is 55.1 Å². The van der Waals surface area contributed by atoms with E-state index in [4.69, 9.17) is 5.73 Å². The van der Waals surface area contributed by atoms with Crippen LogP contribution < -0.4 is 5.73 Å². The maximum atomic E-state index is 5.72. The topological polar surface area (TPSA) is 26.0 Å². The van der Waals surface area contributed by atoms with Crippen LogP contribution in [-0.4, -0.2) is 0 Å². The lowest BCUT2D eigenvalue weighted by molar-refractivity contribution is 1.06. The summed E-state index contributed by atoms with van der Waals surface area (Å²) in [5.41, 5.74) is 10.9. The fourth-order valence-corrected chi connectivity index (χ4v) is 1.92. The van der Waals surface area contributed by atoms with E-state index in [1.807, 2.05) is 55.5 Å². The van der Waals surface area contributed by atoms with Gasteiger partial charge in [-0.25, -0.2) is 0 Å². The fourth-order valence-electron chi connectivity index (χ4n) is 1.92. The average Bonchev–Trinajstić information content (AvgIpc) is 2.45. The van der Waals surface area contributed by atoms with Crippen molar-refractivity contribution in [3.05, 3.63) is 77.4 Å². The smallest absolute Gasteiger partial charge is 0.0323 e. The van der Waals surface area contributed by atoms with Gasteiger partial charge in [0, 0.05) is 17.7 Å². The summed E-state index contributed by atoms with van der Waals surface area (Å²) < 4.78 is 0. The molecule has 1 heteroatoms. The molecule has 0 fully saturated rings. The first-order valence-corrected chi connectivity index (χ1v) is 6.27. The van der Waals surface area contributed by atoms with Gasteiger partial charge in [0.2, 0.25) is 0 Å². The number of hydrogen-bond donors (Lipinski definition) is 1. The van der Waals surface area contributed by atoms with E-state index in [2.05, 4.69) is 18.4 Å². The van der Waals surface area contributed by atoms with Crippen molar-refractivity contribution in [1.82, 2.24) is 0 Å². The summed E-state index contributed by atoms with van der Waals surface area (Å²) in [4.78, 5) is 0. The van der Waals surface area contributed by atoms with E-state index in [1.54, 1.807) is 0 Å². The average molecular weight is 247 g/mol. The molecule has 0 aliphatic carbocycles. The highest BCUT2D eigenvalue weighted by Gasteiger charge is 1.99. The molecule has 0 aliphatic heterocycles. The summed E-state index contributed by atoms with van der Waals surface area (Å²) >= 11 is 0. The van der Waals surface area contributed by atoms with Crippen LogP contribution in [0.4, 0.5) is 0 Å². The van der Waals surface area contributed by atoms with Gasteiger partial charge in [-0.2, -0.15) is 0 Å². The molecule has 0 saturated heterocycles. The zero-order valence-electron chi connectivity index (χ0n) is 11.1. The molecule has 2 aromatic rings.